The summed E-state index contributed by atoms with van der Waals surface area (Å²) in [6, 6.07) is 1.53. The molecule has 1 atom stereocenters. The Labute approximate surface area is 163 Å². The number of hydrogen-bond acceptors (Lipinski definition) is 5. The molecule has 1 aromatic rings. The highest BCUT2D eigenvalue weighted by Gasteiger charge is 2.58. The Bertz CT molecular complexity index is 799. The zero-order chi connectivity index (χ0) is 22.1. The third kappa shape index (κ3) is 4.86. The van der Waals surface area contributed by atoms with Gasteiger partial charge in [0.1, 0.15) is 6.04 Å². The lowest BCUT2D eigenvalue weighted by Gasteiger charge is -2.24. The van der Waals surface area contributed by atoms with E-state index in [9.17, 15) is 36.6 Å². The van der Waals surface area contributed by atoms with E-state index in [-0.39, 0.29) is 12.2 Å². The number of fused-ring (bicyclic) bond motifs is 1. The molecule has 6 nitrogen and oxygen atoms in total. The maximum absolute atomic E-state index is 13.0. The Morgan fingerprint density at radius 3 is 2.45 bits per heavy atom. The van der Waals surface area contributed by atoms with Gasteiger partial charge in [0.2, 0.25) is 0 Å². The topological polar surface area (TPSA) is 84.9 Å². The number of amides is 1. The molecule has 0 radical (unpaired) electrons. The monoisotopic (exact) mass is 423 g/mol. The number of benzene rings is 1. The van der Waals surface area contributed by atoms with Crippen molar-refractivity contribution in [1.82, 2.24) is 5.32 Å². The number of hydrogen-bond donors (Lipinski definition) is 2. The van der Waals surface area contributed by atoms with Crippen LogP contribution in [0.15, 0.2) is 12.1 Å². The van der Waals surface area contributed by atoms with Gasteiger partial charge < -0.3 is 19.7 Å². The predicted molar refractivity (Wildman–Crippen MR) is 91.6 cm³/mol. The molecule has 0 saturated carbocycles. The molecule has 1 aliphatic heterocycles. The van der Waals surface area contributed by atoms with Crippen molar-refractivity contribution in [3.8, 4) is 0 Å². The molecule has 1 heterocycles. The molecule has 0 fully saturated rings. The summed E-state index contributed by atoms with van der Waals surface area (Å²) in [6.45, 7) is 2.45. The molecule has 1 amide bonds. The van der Waals surface area contributed by atoms with Crippen molar-refractivity contribution >= 4 is 24.5 Å². The first kappa shape index (κ1) is 23.1. The van der Waals surface area contributed by atoms with E-state index in [1.807, 2.05) is 0 Å². The maximum atomic E-state index is 13.0. The standard InChI is InChI=1S/C17H19BF5NO5/c1-8(2)13(15(26)28-7-16(19,20)17(21,22)23)24-14(25)11-5-4-10-6-29-18(27)12(10)9(11)3/h4-5,8,13,27H,6-7H2,1-3H3,(H,24,25)/t13-/m0/s1. The summed E-state index contributed by atoms with van der Waals surface area (Å²) < 4.78 is 71.8. The second kappa shape index (κ2) is 8.27. The molecular formula is C17H19BF5NO5. The molecule has 0 aliphatic carbocycles. The molecule has 0 unspecified atom stereocenters. The number of nitrogens with one attached hydrogen (secondary N) is 1. The first-order valence-corrected chi connectivity index (χ1v) is 8.60. The van der Waals surface area contributed by atoms with Gasteiger partial charge in [-0.25, -0.2) is 4.79 Å². The average Bonchev–Trinajstić information content (AvgIpc) is 2.98. The Morgan fingerprint density at radius 1 is 1.28 bits per heavy atom. The lowest BCUT2D eigenvalue weighted by molar-refractivity contribution is -0.294. The van der Waals surface area contributed by atoms with Gasteiger partial charge in [-0.15, -0.1) is 0 Å². The number of ether oxygens (including phenoxy) is 1. The molecule has 1 aromatic carbocycles. The van der Waals surface area contributed by atoms with Crippen LogP contribution in [-0.2, 0) is 20.8 Å². The minimum Gasteiger partial charge on any atom is -0.457 e. The van der Waals surface area contributed by atoms with E-state index >= 15 is 0 Å². The number of esters is 1. The van der Waals surface area contributed by atoms with Gasteiger partial charge >= 0.3 is 25.2 Å². The van der Waals surface area contributed by atoms with Gasteiger partial charge in [0.05, 0.1) is 6.61 Å². The van der Waals surface area contributed by atoms with Crippen LogP contribution in [-0.4, -0.2) is 48.8 Å². The van der Waals surface area contributed by atoms with Crippen molar-refractivity contribution in [2.24, 2.45) is 5.92 Å². The van der Waals surface area contributed by atoms with E-state index in [0.717, 1.165) is 0 Å². The zero-order valence-electron chi connectivity index (χ0n) is 15.8. The normalized spacial score (nSPS) is 15.3. The molecule has 1 aliphatic rings. The van der Waals surface area contributed by atoms with E-state index < -0.39 is 49.7 Å². The Morgan fingerprint density at radius 2 is 1.90 bits per heavy atom. The molecule has 12 heteroatoms. The summed E-state index contributed by atoms with van der Waals surface area (Å²) >= 11 is 0. The third-order valence-electron chi connectivity index (χ3n) is 4.51. The lowest BCUT2D eigenvalue weighted by Crippen LogP contribution is -2.48. The Kier molecular flexibility index (Phi) is 6.58. The third-order valence-corrected chi connectivity index (χ3v) is 4.51. The molecule has 2 N–H and O–H groups in total. The summed E-state index contributed by atoms with van der Waals surface area (Å²) in [5.74, 6) is -8.06. The minimum atomic E-state index is -5.87. The molecule has 160 valence electrons. The van der Waals surface area contributed by atoms with Crippen molar-refractivity contribution in [1.29, 1.82) is 0 Å². The van der Waals surface area contributed by atoms with Gasteiger partial charge in [-0.2, -0.15) is 22.0 Å². The SMILES string of the molecule is Cc1c(C(=O)N[C@H](C(=O)OCC(F)(F)C(F)(F)F)C(C)C)ccc2c1B(O)OC2. The first-order chi connectivity index (χ1) is 13.3. The molecule has 29 heavy (non-hydrogen) atoms. The smallest absolute Gasteiger partial charge is 0.457 e. The number of rotatable bonds is 6. The molecule has 0 aromatic heterocycles. The summed E-state index contributed by atoms with van der Waals surface area (Å²) in [6.07, 6.45) is -5.87. The van der Waals surface area contributed by atoms with Crippen molar-refractivity contribution in [3.05, 3.63) is 28.8 Å². The van der Waals surface area contributed by atoms with Crippen molar-refractivity contribution < 1.29 is 46.0 Å². The van der Waals surface area contributed by atoms with E-state index in [0.29, 0.717) is 16.6 Å². The average molecular weight is 423 g/mol. The van der Waals surface area contributed by atoms with Crippen molar-refractivity contribution in [2.45, 2.75) is 45.5 Å². The van der Waals surface area contributed by atoms with Crippen LogP contribution in [0.1, 0.15) is 35.3 Å². The Hall–Kier alpha value is -2.21. The van der Waals surface area contributed by atoms with Crippen LogP contribution in [0.2, 0.25) is 0 Å². The highest BCUT2D eigenvalue weighted by atomic mass is 19.4. The Balaban J connectivity index is 2.14. The summed E-state index contributed by atoms with van der Waals surface area (Å²) in [5.41, 5.74) is 1.57. The number of alkyl halides is 5. The first-order valence-electron chi connectivity index (χ1n) is 8.60. The second-order valence-corrected chi connectivity index (χ2v) is 6.98. The fraction of sp³-hybridized carbons (Fsp3) is 0.529. The number of halogens is 5. The van der Waals surface area contributed by atoms with E-state index in [1.54, 1.807) is 13.0 Å². The summed E-state index contributed by atoms with van der Waals surface area (Å²) in [5, 5.41) is 12.1. The van der Waals surface area contributed by atoms with Gasteiger partial charge in [0.25, 0.3) is 5.91 Å². The summed E-state index contributed by atoms with van der Waals surface area (Å²) in [7, 11) is -1.21. The van der Waals surface area contributed by atoms with Crippen LogP contribution in [0.3, 0.4) is 0 Å². The van der Waals surface area contributed by atoms with Crippen LogP contribution in [0, 0.1) is 12.8 Å². The van der Waals surface area contributed by atoms with Gasteiger partial charge in [-0.05, 0) is 35.5 Å². The van der Waals surface area contributed by atoms with E-state index in [1.165, 1.54) is 19.9 Å². The van der Waals surface area contributed by atoms with Gasteiger partial charge in [-0.3, -0.25) is 4.79 Å². The quantitative estimate of drug-likeness (QED) is 0.414. The van der Waals surface area contributed by atoms with Crippen molar-refractivity contribution in [2.75, 3.05) is 6.61 Å². The largest absolute Gasteiger partial charge is 0.492 e. The number of carbonyl (C=O) groups excluding carboxylic acids is 2. The van der Waals surface area contributed by atoms with Crippen LogP contribution in [0.25, 0.3) is 0 Å². The maximum Gasteiger partial charge on any atom is 0.492 e. The predicted octanol–water partition coefficient (Wildman–Crippen LogP) is 1.71. The minimum absolute atomic E-state index is 0.0902. The molecular weight excluding hydrogens is 404 g/mol. The lowest BCUT2D eigenvalue weighted by atomic mass is 9.75. The molecule has 0 spiro atoms. The van der Waals surface area contributed by atoms with Crippen molar-refractivity contribution in [3.63, 3.8) is 0 Å². The van der Waals surface area contributed by atoms with Gasteiger partial charge in [-0.1, -0.05) is 19.9 Å². The number of carbonyl (C=O) groups is 2. The van der Waals surface area contributed by atoms with Crippen LogP contribution < -0.4 is 10.8 Å². The fourth-order valence-corrected chi connectivity index (χ4v) is 2.80. The second-order valence-electron chi connectivity index (χ2n) is 6.98. The van der Waals surface area contributed by atoms with Crippen LogP contribution in [0.5, 0.6) is 0 Å². The van der Waals surface area contributed by atoms with Gasteiger partial charge in [0.15, 0.2) is 6.61 Å². The van der Waals surface area contributed by atoms with E-state index in [2.05, 4.69) is 10.1 Å². The van der Waals surface area contributed by atoms with E-state index in [4.69, 9.17) is 4.65 Å². The molecule has 0 saturated heterocycles. The fourth-order valence-electron chi connectivity index (χ4n) is 2.80. The van der Waals surface area contributed by atoms with Crippen LogP contribution in [0.4, 0.5) is 22.0 Å². The molecule has 2 rings (SSSR count). The van der Waals surface area contributed by atoms with Gasteiger partial charge in [0, 0.05) is 5.56 Å². The zero-order valence-corrected chi connectivity index (χ0v) is 15.8. The highest BCUT2D eigenvalue weighted by molar-refractivity contribution is 6.62. The molecule has 0 bridgehead atoms. The summed E-state index contributed by atoms with van der Waals surface area (Å²) in [4.78, 5) is 24.6. The highest BCUT2D eigenvalue weighted by Crippen LogP contribution is 2.35. The van der Waals surface area contributed by atoms with Crippen LogP contribution >= 0.6 is 0 Å².